The molecule has 1 unspecified atom stereocenters. The number of benzene rings is 2. The summed E-state index contributed by atoms with van der Waals surface area (Å²) < 4.78 is 13.1. The van der Waals surface area contributed by atoms with E-state index in [1.807, 2.05) is 51.1 Å². The molecule has 0 radical (unpaired) electrons. The maximum atomic E-state index is 14.9. The minimum Gasteiger partial charge on any atom is -0.455 e. The van der Waals surface area contributed by atoms with Gasteiger partial charge in [0.05, 0.1) is 36.6 Å². The maximum absolute atomic E-state index is 14.9. The van der Waals surface area contributed by atoms with Gasteiger partial charge in [-0.05, 0) is 55.5 Å². The van der Waals surface area contributed by atoms with Crippen molar-refractivity contribution < 1.29 is 33.8 Å². The monoisotopic (exact) mass is 783 g/mol. The van der Waals surface area contributed by atoms with Crippen LogP contribution in [0.4, 0.5) is 5.69 Å². The highest BCUT2D eigenvalue weighted by Crippen LogP contribution is 2.61. The molecular weight excluding hydrogens is 738 g/mol. The Kier molecular flexibility index (Phi) is 12.2. The molecule has 1 N–H and O–H groups in total. The topological polar surface area (TPSA) is 117 Å². The van der Waals surface area contributed by atoms with E-state index in [2.05, 4.69) is 29.1 Å². The summed E-state index contributed by atoms with van der Waals surface area (Å²) in [5, 5.41) is 11.1. The second-order valence-electron chi connectivity index (χ2n) is 14.0. The summed E-state index contributed by atoms with van der Waals surface area (Å²) in [4.78, 5) is 61.5. The maximum Gasteiger partial charge on any atom is 0.313 e. The number of alkyl halides is 1. The van der Waals surface area contributed by atoms with Crippen LogP contribution in [0.5, 0.6) is 0 Å². The van der Waals surface area contributed by atoms with Crippen molar-refractivity contribution in [1.29, 1.82) is 0 Å². The third kappa shape index (κ3) is 7.14. The van der Waals surface area contributed by atoms with E-state index in [1.54, 1.807) is 48.4 Å². The lowest BCUT2D eigenvalue weighted by molar-refractivity contribution is -0.165. The summed E-state index contributed by atoms with van der Waals surface area (Å²) in [7, 11) is 1.68. The zero-order chi connectivity index (χ0) is 37.2. The number of carbonyl (C=O) groups is 4. The van der Waals surface area contributed by atoms with Crippen molar-refractivity contribution >= 4 is 56.9 Å². The zero-order valence-electron chi connectivity index (χ0n) is 29.5. The lowest BCUT2D eigenvalue weighted by atomic mass is 9.70. The van der Waals surface area contributed by atoms with E-state index in [0.717, 1.165) is 0 Å². The predicted molar refractivity (Wildman–Crippen MR) is 199 cm³/mol. The van der Waals surface area contributed by atoms with Gasteiger partial charge in [-0.3, -0.25) is 19.2 Å². The number of allylic oxidation sites excluding steroid dienone is 1. The summed E-state index contributed by atoms with van der Waals surface area (Å²) >= 11 is 9.91. The van der Waals surface area contributed by atoms with Crippen LogP contribution in [0.25, 0.3) is 0 Å². The molecule has 10 nitrogen and oxygen atoms in total. The number of likely N-dealkylation sites (N-methyl/N-ethyl adjacent to an activating group) is 1. The van der Waals surface area contributed by atoms with Gasteiger partial charge < -0.3 is 29.3 Å². The number of aliphatic hydroxyl groups is 1. The lowest BCUT2D eigenvalue weighted by Crippen LogP contribution is -2.60. The minimum absolute atomic E-state index is 0.126. The summed E-state index contributed by atoms with van der Waals surface area (Å²) in [5.41, 5.74) is -0.158. The van der Waals surface area contributed by atoms with Crippen molar-refractivity contribution in [3.63, 3.8) is 0 Å². The van der Waals surface area contributed by atoms with Crippen molar-refractivity contribution in [3.8, 4) is 0 Å². The van der Waals surface area contributed by atoms with Crippen LogP contribution in [0.1, 0.15) is 51.7 Å². The minimum atomic E-state index is -1.39. The average Bonchev–Trinajstić information content (AvgIpc) is 3.71. The third-order valence-corrected chi connectivity index (χ3v) is 11.7. The number of aliphatic hydroxyl groups excluding tert-OH is 1. The van der Waals surface area contributed by atoms with E-state index in [1.165, 1.54) is 9.80 Å². The molecule has 3 heterocycles. The number of rotatable bonds is 15. The number of fused-ring (bicyclic) bond motifs is 1. The van der Waals surface area contributed by atoms with Gasteiger partial charge in [-0.1, -0.05) is 83.9 Å². The van der Waals surface area contributed by atoms with E-state index in [0.29, 0.717) is 22.7 Å². The van der Waals surface area contributed by atoms with Crippen molar-refractivity contribution in [3.05, 3.63) is 90.5 Å². The van der Waals surface area contributed by atoms with Gasteiger partial charge in [0.15, 0.2) is 0 Å². The van der Waals surface area contributed by atoms with Crippen LogP contribution in [-0.2, 0) is 28.7 Å². The van der Waals surface area contributed by atoms with E-state index in [4.69, 9.17) is 21.1 Å². The first-order valence-electron chi connectivity index (χ1n) is 17.4. The highest BCUT2D eigenvalue weighted by atomic mass is 79.9. The largest absolute Gasteiger partial charge is 0.455 e. The number of carbonyl (C=O) groups excluding carboxylic acids is 4. The molecule has 9 atom stereocenters. The standard InChI is InChI=1S/C39H47BrClN3O7/c1-7-9-15-30(46)42(6)24(5)33(25-13-11-10-12-14-25)50-38(49)31-32-36(47)44(29(22-45)23(3)4)35(39(32)21-28(40)34(31)51-39)37(48)43(20-8-2)27-18-16-26(41)17-19-27/h7-8,10-14,16-19,23-24,28-29,31-35,45H,1-2,9,15,20-22H2,3-6H3/t24-,28?,29+,31-,32+,33+,34-,35-,39+/m1/s1. The fourth-order valence-electron chi connectivity index (χ4n) is 7.94. The lowest BCUT2D eigenvalue weighted by Gasteiger charge is -2.40. The molecule has 2 aromatic carbocycles. The number of ether oxygens (including phenoxy) is 2. The number of hydrogen-bond donors (Lipinski definition) is 1. The molecule has 12 heteroatoms. The molecule has 3 amide bonds. The Labute approximate surface area is 313 Å². The number of esters is 1. The Morgan fingerprint density at radius 1 is 1.12 bits per heavy atom. The average molecular weight is 785 g/mol. The quantitative estimate of drug-likeness (QED) is 0.140. The number of hydrogen-bond acceptors (Lipinski definition) is 7. The molecule has 5 rings (SSSR count). The van der Waals surface area contributed by atoms with Gasteiger partial charge in [0.25, 0.3) is 5.91 Å². The summed E-state index contributed by atoms with van der Waals surface area (Å²) in [6.45, 7) is 12.9. The van der Waals surface area contributed by atoms with Gasteiger partial charge in [0.1, 0.15) is 17.7 Å². The van der Waals surface area contributed by atoms with Crippen LogP contribution in [0.2, 0.25) is 5.02 Å². The van der Waals surface area contributed by atoms with E-state index >= 15 is 0 Å². The summed E-state index contributed by atoms with van der Waals surface area (Å²) in [6, 6.07) is 13.5. The van der Waals surface area contributed by atoms with Crippen LogP contribution >= 0.6 is 27.5 Å². The van der Waals surface area contributed by atoms with E-state index in [-0.39, 0.29) is 36.0 Å². The Balaban J connectivity index is 1.56. The smallest absolute Gasteiger partial charge is 0.313 e. The highest BCUT2D eigenvalue weighted by Gasteiger charge is 2.77. The number of nitrogens with zero attached hydrogens (tertiary/aromatic N) is 3. The molecule has 0 saturated carbocycles. The van der Waals surface area contributed by atoms with Gasteiger partial charge >= 0.3 is 5.97 Å². The van der Waals surface area contributed by atoms with Crippen molar-refractivity contribution in [2.45, 2.75) is 80.8 Å². The van der Waals surface area contributed by atoms with Crippen LogP contribution in [0, 0.1) is 17.8 Å². The number of likely N-dealkylation sites (tertiary alicyclic amines) is 1. The highest BCUT2D eigenvalue weighted by molar-refractivity contribution is 9.09. The molecule has 3 aliphatic heterocycles. The molecule has 1 spiro atoms. The summed E-state index contributed by atoms with van der Waals surface area (Å²) in [6.07, 6.45) is 2.70. The molecule has 274 valence electrons. The second-order valence-corrected chi connectivity index (χ2v) is 15.6. The van der Waals surface area contributed by atoms with Gasteiger partial charge in [-0.2, -0.15) is 0 Å². The second kappa shape index (κ2) is 16.0. The number of amides is 3. The molecule has 0 aliphatic carbocycles. The van der Waals surface area contributed by atoms with Gasteiger partial charge in [-0.15, -0.1) is 13.2 Å². The van der Waals surface area contributed by atoms with Crippen LogP contribution in [0.15, 0.2) is 79.9 Å². The molecule has 2 bridgehead atoms. The van der Waals surface area contributed by atoms with Gasteiger partial charge in [0.2, 0.25) is 11.8 Å². The van der Waals surface area contributed by atoms with Crippen molar-refractivity contribution in [2.24, 2.45) is 17.8 Å². The molecular formula is C39H47BrClN3O7. The fourth-order valence-corrected chi connectivity index (χ4v) is 9.01. The van der Waals surface area contributed by atoms with Crippen LogP contribution in [0.3, 0.4) is 0 Å². The van der Waals surface area contributed by atoms with E-state index in [9.17, 15) is 24.3 Å². The third-order valence-electron chi connectivity index (χ3n) is 10.6. The molecule has 2 aromatic rings. The van der Waals surface area contributed by atoms with Gasteiger partial charge in [-0.25, -0.2) is 0 Å². The summed E-state index contributed by atoms with van der Waals surface area (Å²) in [5.74, 6) is -3.99. The Morgan fingerprint density at radius 3 is 2.37 bits per heavy atom. The Hall–Kier alpha value is -3.51. The fraction of sp³-hybridized carbons (Fsp3) is 0.487. The molecule has 3 aliphatic rings. The van der Waals surface area contributed by atoms with E-state index < -0.39 is 72.2 Å². The molecule has 3 saturated heterocycles. The zero-order valence-corrected chi connectivity index (χ0v) is 31.8. The van der Waals surface area contributed by atoms with Crippen molar-refractivity contribution in [2.75, 3.05) is 25.1 Å². The van der Waals surface area contributed by atoms with Crippen LogP contribution in [-0.4, -0.2) is 93.5 Å². The molecule has 3 fully saturated rings. The normalized spacial score (nSPS) is 26.7. The number of halogens is 2. The van der Waals surface area contributed by atoms with Gasteiger partial charge in [0, 0.05) is 35.6 Å². The number of anilines is 1. The first kappa shape index (κ1) is 38.7. The predicted octanol–water partition coefficient (Wildman–Crippen LogP) is 5.72. The Morgan fingerprint density at radius 2 is 1.78 bits per heavy atom. The Bertz CT molecular complexity index is 1620. The first-order chi connectivity index (χ1) is 24.3. The SMILES string of the molecule is C=CCCC(=O)N(C)[C@H](C)[C@H](OC(=O)[C@H]1[C@@H]2O[C@@]3(CC2Br)[C@@H]1C(=O)N([C@@H](CO)C(C)C)[C@@H]3C(=O)N(CC=C)c1ccc(Cl)cc1)c1ccccc1. The first-order valence-corrected chi connectivity index (χ1v) is 18.7. The van der Waals surface area contributed by atoms with Crippen molar-refractivity contribution in [1.82, 2.24) is 9.80 Å². The molecule has 0 aromatic heterocycles. The van der Waals surface area contributed by atoms with Crippen LogP contribution < -0.4 is 4.90 Å². The molecule has 51 heavy (non-hydrogen) atoms.